The molecule has 1 atom stereocenters. The molecule has 4 aromatic rings. The zero-order valence-corrected chi connectivity index (χ0v) is 20.0. The van der Waals surface area contributed by atoms with Crippen molar-refractivity contribution < 1.29 is 4.79 Å². The first-order valence-corrected chi connectivity index (χ1v) is 12.3. The molecule has 176 valence electrons. The first-order chi connectivity index (χ1) is 17.6. The quantitative estimate of drug-likeness (QED) is 0.406. The van der Waals surface area contributed by atoms with Crippen molar-refractivity contribution in [1.82, 2.24) is 4.57 Å². The van der Waals surface area contributed by atoms with E-state index in [1.807, 2.05) is 16.7 Å². The maximum atomic E-state index is 13.9. The molecule has 1 unspecified atom stereocenters. The van der Waals surface area contributed by atoms with Crippen molar-refractivity contribution >= 4 is 11.6 Å². The summed E-state index contributed by atoms with van der Waals surface area (Å²) in [6.07, 6.45) is 3.68. The van der Waals surface area contributed by atoms with Gasteiger partial charge in [0.25, 0.3) is 5.91 Å². The highest BCUT2D eigenvalue weighted by atomic mass is 16.2. The monoisotopic (exact) mass is 471 g/mol. The number of fused-ring (bicyclic) bond motifs is 3. The molecule has 6 rings (SSSR count). The highest BCUT2D eigenvalue weighted by molar-refractivity contribution is 6.07. The van der Waals surface area contributed by atoms with Crippen LogP contribution in [0.25, 0.3) is 0 Å². The highest BCUT2D eigenvalue weighted by Crippen LogP contribution is 2.44. The summed E-state index contributed by atoms with van der Waals surface area (Å²) in [5.41, 5.74) is 6.79. The molecule has 0 bridgehead atoms. The minimum absolute atomic E-state index is 0.0228. The first-order valence-electron chi connectivity index (χ1n) is 12.3. The largest absolute Gasteiger partial charge is 0.337 e. The van der Waals surface area contributed by atoms with Crippen LogP contribution in [-0.4, -0.2) is 17.0 Å². The van der Waals surface area contributed by atoms with Crippen LogP contribution in [0.4, 0.5) is 5.69 Å². The number of pyridine rings is 1. The van der Waals surface area contributed by atoms with E-state index in [0.29, 0.717) is 29.1 Å². The predicted molar refractivity (Wildman–Crippen MR) is 139 cm³/mol. The Hall–Kier alpha value is -4.43. The molecule has 3 aromatic carbocycles. The van der Waals surface area contributed by atoms with Crippen LogP contribution in [0.2, 0.25) is 0 Å². The van der Waals surface area contributed by atoms with Gasteiger partial charge in [-0.2, -0.15) is 5.26 Å². The average Bonchev–Trinajstić information content (AvgIpc) is 3.08. The zero-order valence-electron chi connectivity index (χ0n) is 20.0. The number of anilines is 1. The van der Waals surface area contributed by atoms with E-state index in [1.54, 1.807) is 36.2 Å². The Morgan fingerprint density at radius 2 is 1.44 bits per heavy atom. The fraction of sp³-hybridized carbons (Fsp3) is 0.194. The normalized spacial score (nSPS) is 16.9. The summed E-state index contributed by atoms with van der Waals surface area (Å²) in [5.74, 6) is -0.273. The van der Waals surface area contributed by atoms with Gasteiger partial charge in [-0.15, -0.1) is 0 Å². The second-order valence-electron chi connectivity index (χ2n) is 9.55. The second-order valence-corrected chi connectivity index (χ2v) is 9.55. The van der Waals surface area contributed by atoms with E-state index in [1.165, 1.54) is 22.3 Å². The topological polar surface area (TPSA) is 66.1 Å². The minimum atomic E-state index is -0.251. The SMILES string of the molecule is Cc1c2n(ccc1=O)C(C1c3ccccc3CCc3ccccc31)CN(c1ccccc1C#N)C2=O. The van der Waals surface area contributed by atoms with Crippen molar-refractivity contribution in [3.8, 4) is 6.07 Å². The van der Waals surface area contributed by atoms with E-state index < -0.39 is 0 Å². The Labute approximate surface area is 209 Å². The lowest BCUT2D eigenvalue weighted by molar-refractivity contribution is 0.0950. The van der Waals surface area contributed by atoms with Crippen LogP contribution in [0.3, 0.4) is 0 Å². The molecular weight excluding hydrogens is 446 g/mol. The van der Waals surface area contributed by atoms with Gasteiger partial charge in [-0.1, -0.05) is 60.7 Å². The number of aromatic nitrogens is 1. The van der Waals surface area contributed by atoms with Gasteiger partial charge in [0.2, 0.25) is 0 Å². The average molecular weight is 472 g/mol. The van der Waals surface area contributed by atoms with Crippen molar-refractivity contribution in [3.05, 3.63) is 134 Å². The predicted octanol–water partition coefficient (Wildman–Crippen LogP) is 5.16. The standard InChI is InChI=1S/C31H25N3O2/c1-20-28(35)16-17-33-27(19-34(31(36)30(20)33)26-13-7-4-10-23(26)18-32)29-24-11-5-2-8-21(24)14-15-22-9-3-6-12-25(22)29/h2-13,16-17,27,29H,14-15,19H2,1H3. The highest BCUT2D eigenvalue weighted by Gasteiger charge is 2.40. The first kappa shape index (κ1) is 22.1. The number of amides is 1. The summed E-state index contributed by atoms with van der Waals surface area (Å²) in [6.45, 7) is 2.11. The van der Waals surface area contributed by atoms with Crippen LogP contribution in [0, 0.1) is 18.3 Å². The van der Waals surface area contributed by atoms with Gasteiger partial charge in [-0.3, -0.25) is 9.59 Å². The van der Waals surface area contributed by atoms with Crippen LogP contribution in [0.5, 0.6) is 0 Å². The molecule has 1 aromatic heterocycles. The lowest BCUT2D eigenvalue weighted by Gasteiger charge is -2.41. The Morgan fingerprint density at radius 1 is 0.833 bits per heavy atom. The smallest absolute Gasteiger partial charge is 0.275 e. The molecule has 0 radical (unpaired) electrons. The molecule has 5 nitrogen and oxygen atoms in total. The number of nitrogens with zero attached hydrogens (tertiary/aromatic N) is 3. The number of hydrogen-bond donors (Lipinski definition) is 0. The van der Waals surface area contributed by atoms with Crippen molar-refractivity contribution in [2.45, 2.75) is 31.7 Å². The Kier molecular flexibility index (Phi) is 5.30. The molecule has 0 N–H and O–H groups in total. The molecule has 1 amide bonds. The third-order valence-corrected chi connectivity index (χ3v) is 7.69. The minimum Gasteiger partial charge on any atom is -0.337 e. The molecule has 36 heavy (non-hydrogen) atoms. The van der Waals surface area contributed by atoms with E-state index >= 15 is 0 Å². The third kappa shape index (κ3) is 3.37. The van der Waals surface area contributed by atoms with Gasteiger partial charge in [0.15, 0.2) is 5.43 Å². The molecule has 0 saturated heterocycles. The third-order valence-electron chi connectivity index (χ3n) is 7.69. The van der Waals surface area contributed by atoms with Gasteiger partial charge in [0, 0.05) is 30.3 Å². The molecule has 2 aliphatic rings. The number of carbonyl (C=O) groups excluding carboxylic acids is 1. The summed E-state index contributed by atoms with van der Waals surface area (Å²) in [4.78, 5) is 28.3. The van der Waals surface area contributed by atoms with Gasteiger partial charge in [0.1, 0.15) is 11.8 Å². The van der Waals surface area contributed by atoms with Crippen molar-refractivity contribution in [1.29, 1.82) is 5.26 Å². The molecule has 2 heterocycles. The molecule has 1 aliphatic carbocycles. The van der Waals surface area contributed by atoms with Gasteiger partial charge in [0.05, 0.1) is 17.3 Å². The maximum absolute atomic E-state index is 13.9. The van der Waals surface area contributed by atoms with E-state index in [2.05, 4.69) is 54.6 Å². The Balaban J connectivity index is 1.63. The number of carbonyl (C=O) groups is 1. The molecule has 0 fully saturated rings. The van der Waals surface area contributed by atoms with E-state index in [0.717, 1.165) is 12.8 Å². The Bertz CT molecular complexity index is 1560. The van der Waals surface area contributed by atoms with Gasteiger partial charge < -0.3 is 9.47 Å². The van der Waals surface area contributed by atoms with Crippen LogP contribution in [0.15, 0.2) is 89.9 Å². The number of para-hydroxylation sites is 1. The summed E-state index contributed by atoms with van der Waals surface area (Å²) in [7, 11) is 0. The summed E-state index contributed by atoms with van der Waals surface area (Å²) < 4.78 is 2.01. The van der Waals surface area contributed by atoms with Gasteiger partial charge >= 0.3 is 0 Å². The fourth-order valence-corrected chi connectivity index (χ4v) is 5.95. The second kappa shape index (κ2) is 8.66. The van der Waals surface area contributed by atoms with Crippen molar-refractivity contribution in [2.24, 2.45) is 0 Å². The molecule has 1 aliphatic heterocycles. The van der Waals surface area contributed by atoms with Gasteiger partial charge in [-0.25, -0.2) is 0 Å². The number of rotatable bonds is 2. The number of nitriles is 1. The van der Waals surface area contributed by atoms with E-state index in [-0.39, 0.29) is 23.3 Å². The number of hydrogen-bond acceptors (Lipinski definition) is 3. The Morgan fingerprint density at radius 3 is 2.11 bits per heavy atom. The van der Waals surface area contributed by atoms with Crippen LogP contribution in [0.1, 0.15) is 55.8 Å². The molecule has 0 saturated carbocycles. The fourth-order valence-electron chi connectivity index (χ4n) is 5.95. The molecule has 5 heteroatoms. The molecular formula is C31H25N3O2. The van der Waals surface area contributed by atoms with Crippen molar-refractivity contribution in [3.63, 3.8) is 0 Å². The summed E-state index contributed by atoms with van der Waals surface area (Å²) in [6, 6.07) is 27.9. The number of benzene rings is 3. The van der Waals surface area contributed by atoms with Gasteiger partial charge in [-0.05, 0) is 54.2 Å². The number of aryl methyl sites for hydroxylation is 2. The lowest BCUT2D eigenvalue weighted by Crippen LogP contribution is -2.47. The van der Waals surface area contributed by atoms with Crippen LogP contribution < -0.4 is 10.3 Å². The maximum Gasteiger partial charge on any atom is 0.275 e. The summed E-state index contributed by atoms with van der Waals surface area (Å²) >= 11 is 0. The lowest BCUT2D eigenvalue weighted by atomic mass is 9.81. The van der Waals surface area contributed by atoms with E-state index in [9.17, 15) is 14.9 Å². The van der Waals surface area contributed by atoms with E-state index in [4.69, 9.17) is 0 Å². The summed E-state index contributed by atoms with van der Waals surface area (Å²) in [5, 5.41) is 9.80. The molecule has 0 spiro atoms. The van der Waals surface area contributed by atoms with Crippen LogP contribution in [-0.2, 0) is 12.8 Å². The van der Waals surface area contributed by atoms with Crippen LogP contribution >= 0.6 is 0 Å². The van der Waals surface area contributed by atoms with Crippen molar-refractivity contribution in [2.75, 3.05) is 11.4 Å². The zero-order chi connectivity index (χ0) is 24.8.